The summed E-state index contributed by atoms with van der Waals surface area (Å²) >= 11 is 0. The van der Waals surface area contributed by atoms with Gasteiger partial charge < -0.3 is 9.47 Å². The van der Waals surface area contributed by atoms with Crippen molar-refractivity contribution < 1.29 is 14.3 Å². The molecule has 1 aliphatic heterocycles. The molecule has 5 nitrogen and oxygen atoms in total. The van der Waals surface area contributed by atoms with Crippen LogP contribution in [0.5, 0.6) is 11.5 Å². The van der Waals surface area contributed by atoms with Gasteiger partial charge >= 0.3 is 0 Å². The summed E-state index contributed by atoms with van der Waals surface area (Å²) in [7, 11) is 1.80. The first-order valence-corrected chi connectivity index (χ1v) is 6.60. The molecule has 104 valence electrons. The third-order valence-electron chi connectivity index (χ3n) is 3.27. The highest BCUT2D eigenvalue weighted by molar-refractivity contribution is 6.09. The van der Waals surface area contributed by atoms with Crippen molar-refractivity contribution in [3.8, 4) is 11.5 Å². The van der Waals surface area contributed by atoms with Crippen molar-refractivity contribution in [1.82, 2.24) is 9.78 Å². The third-order valence-corrected chi connectivity index (χ3v) is 3.27. The monoisotopic (exact) mass is 272 g/mol. The second kappa shape index (κ2) is 5.00. The summed E-state index contributed by atoms with van der Waals surface area (Å²) in [6.07, 6.45) is 2.58. The number of fused-ring (bicyclic) bond motifs is 1. The van der Waals surface area contributed by atoms with E-state index in [0.717, 1.165) is 12.1 Å². The molecule has 0 unspecified atom stereocenters. The van der Waals surface area contributed by atoms with Gasteiger partial charge in [0.2, 0.25) is 0 Å². The van der Waals surface area contributed by atoms with Gasteiger partial charge in [0.25, 0.3) is 0 Å². The van der Waals surface area contributed by atoms with E-state index in [1.165, 1.54) is 0 Å². The number of hydrogen-bond donors (Lipinski definition) is 0. The second-order valence-electron chi connectivity index (χ2n) is 4.84. The summed E-state index contributed by atoms with van der Waals surface area (Å²) in [5.41, 5.74) is 1.93. The smallest absolute Gasteiger partial charge is 0.196 e. The molecule has 0 saturated carbocycles. The standard InChI is InChI=1S/C15H16N2O3/c1-10-12(9-17(2)16-10)15(18)11-4-5-13-14(8-11)20-7-3-6-19-13/h4-5,8-9H,3,6-7H2,1-2H3. The van der Waals surface area contributed by atoms with E-state index in [4.69, 9.17) is 9.47 Å². The Balaban J connectivity index is 1.96. The third kappa shape index (κ3) is 2.27. The van der Waals surface area contributed by atoms with E-state index in [9.17, 15) is 4.79 Å². The van der Waals surface area contributed by atoms with Crippen molar-refractivity contribution in [2.75, 3.05) is 13.2 Å². The molecule has 0 spiro atoms. The maximum atomic E-state index is 12.5. The van der Waals surface area contributed by atoms with Crippen molar-refractivity contribution in [2.45, 2.75) is 13.3 Å². The molecule has 0 fully saturated rings. The Kier molecular flexibility index (Phi) is 3.18. The van der Waals surface area contributed by atoms with Crippen LogP contribution < -0.4 is 9.47 Å². The molecule has 1 aromatic carbocycles. The minimum Gasteiger partial charge on any atom is -0.490 e. The van der Waals surface area contributed by atoms with Crippen LogP contribution in [0.4, 0.5) is 0 Å². The summed E-state index contributed by atoms with van der Waals surface area (Å²) in [5.74, 6) is 1.28. The number of aryl methyl sites for hydroxylation is 2. The first-order chi connectivity index (χ1) is 9.65. The molecule has 2 aromatic rings. The quantitative estimate of drug-likeness (QED) is 0.786. The molecule has 1 aliphatic rings. The van der Waals surface area contributed by atoms with Crippen LogP contribution in [0.15, 0.2) is 24.4 Å². The van der Waals surface area contributed by atoms with Gasteiger partial charge in [0.05, 0.1) is 24.5 Å². The first kappa shape index (κ1) is 12.7. The number of rotatable bonds is 2. The van der Waals surface area contributed by atoms with Crippen LogP contribution in [-0.2, 0) is 7.05 Å². The Morgan fingerprint density at radius 1 is 1.25 bits per heavy atom. The van der Waals surface area contributed by atoms with Crippen molar-refractivity contribution in [3.63, 3.8) is 0 Å². The fraction of sp³-hybridized carbons (Fsp3) is 0.333. The van der Waals surface area contributed by atoms with Crippen LogP contribution in [0.2, 0.25) is 0 Å². The van der Waals surface area contributed by atoms with E-state index >= 15 is 0 Å². The molecular formula is C15H16N2O3. The highest BCUT2D eigenvalue weighted by Gasteiger charge is 2.18. The maximum Gasteiger partial charge on any atom is 0.196 e. The van der Waals surface area contributed by atoms with Gasteiger partial charge in [-0.05, 0) is 25.1 Å². The van der Waals surface area contributed by atoms with Crippen molar-refractivity contribution in [1.29, 1.82) is 0 Å². The van der Waals surface area contributed by atoms with Crippen LogP contribution >= 0.6 is 0 Å². The Bertz CT molecular complexity index is 661. The van der Waals surface area contributed by atoms with Gasteiger partial charge in [-0.3, -0.25) is 9.48 Å². The zero-order valence-corrected chi connectivity index (χ0v) is 11.5. The van der Waals surface area contributed by atoms with Gasteiger partial charge in [0.1, 0.15) is 0 Å². The predicted molar refractivity (Wildman–Crippen MR) is 73.4 cm³/mol. The number of hydrogen-bond acceptors (Lipinski definition) is 4. The molecule has 3 rings (SSSR count). The minimum absolute atomic E-state index is 0.0498. The fourth-order valence-corrected chi connectivity index (χ4v) is 2.28. The summed E-state index contributed by atoms with van der Waals surface area (Å²) in [5, 5.41) is 4.20. The summed E-state index contributed by atoms with van der Waals surface area (Å²) in [6, 6.07) is 5.30. The molecule has 0 amide bonds. The molecule has 0 saturated heterocycles. The van der Waals surface area contributed by atoms with E-state index in [2.05, 4.69) is 5.10 Å². The SMILES string of the molecule is Cc1nn(C)cc1C(=O)c1ccc2c(c1)OCCCO2. The zero-order chi connectivity index (χ0) is 14.1. The van der Waals surface area contributed by atoms with E-state index in [-0.39, 0.29) is 5.78 Å². The second-order valence-corrected chi connectivity index (χ2v) is 4.84. The lowest BCUT2D eigenvalue weighted by molar-refractivity contribution is 0.103. The van der Waals surface area contributed by atoms with Crippen LogP contribution in [0.3, 0.4) is 0 Å². The summed E-state index contributed by atoms with van der Waals surface area (Å²) in [4.78, 5) is 12.5. The number of aromatic nitrogens is 2. The highest BCUT2D eigenvalue weighted by atomic mass is 16.5. The number of carbonyl (C=O) groups excluding carboxylic acids is 1. The molecule has 5 heteroatoms. The van der Waals surface area contributed by atoms with Crippen molar-refractivity contribution in [2.24, 2.45) is 7.05 Å². The topological polar surface area (TPSA) is 53.4 Å². The number of ketones is 1. The van der Waals surface area contributed by atoms with E-state index < -0.39 is 0 Å². The molecule has 2 heterocycles. The van der Waals surface area contributed by atoms with Gasteiger partial charge in [-0.2, -0.15) is 5.10 Å². The van der Waals surface area contributed by atoms with Crippen LogP contribution in [-0.4, -0.2) is 28.8 Å². The van der Waals surface area contributed by atoms with Gasteiger partial charge in [-0.15, -0.1) is 0 Å². The van der Waals surface area contributed by atoms with Gasteiger partial charge in [0.15, 0.2) is 17.3 Å². The average Bonchev–Trinajstić information content (AvgIpc) is 2.65. The van der Waals surface area contributed by atoms with Crippen LogP contribution in [0.25, 0.3) is 0 Å². The van der Waals surface area contributed by atoms with E-state index in [0.29, 0.717) is 35.8 Å². The Hall–Kier alpha value is -2.30. The van der Waals surface area contributed by atoms with Crippen molar-refractivity contribution >= 4 is 5.78 Å². The lowest BCUT2D eigenvalue weighted by Crippen LogP contribution is -2.03. The van der Waals surface area contributed by atoms with Gasteiger partial charge in [-0.1, -0.05) is 0 Å². The molecule has 1 aromatic heterocycles. The van der Waals surface area contributed by atoms with Gasteiger partial charge in [-0.25, -0.2) is 0 Å². The molecule has 0 radical (unpaired) electrons. The van der Waals surface area contributed by atoms with E-state index in [1.54, 1.807) is 36.1 Å². The fourth-order valence-electron chi connectivity index (χ4n) is 2.28. The molecule has 20 heavy (non-hydrogen) atoms. The molecule has 0 N–H and O–H groups in total. The highest BCUT2D eigenvalue weighted by Crippen LogP contribution is 2.31. The minimum atomic E-state index is -0.0498. The molecular weight excluding hydrogens is 256 g/mol. The Labute approximate surface area is 117 Å². The molecule has 0 atom stereocenters. The largest absolute Gasteiger partial charge is 0.490 e. The average molecular weight is 272 g/mol. The number of nitrogens with zero attached hydrogens (tertiary/aromatic N) is 2. The normalized spacial score (nSPS) is 13.9. The van der Waals surface area contributed by atoms with Crippen LogP contribution in [0, 0.1) is 6.92 Å². The summed E-state index contributed by atoms with van der Waals surface area (Å²) < 4.78 is 12.8. The van der Waals surface area contributed by atoms with E-state index in [1.807, 2.05) is 6.92 Å². The van der Waals surface area contributed by atoms with Crippen molar-refractivity contribution in [3.05, 3.63) is 41.2 Å². The Morgan fingerprint density at radius 3 is 2.70 bits per heavy atom. The molecule has 0 bridgehead atoms. The lowest BCUT2D eigenvalue weighted by atomic mass is 10.0. The van der Waals surface area contributed by atoms with Gasteiger partial charge in [0, 0.05) is 25.2 Å². The number of benzene rings is 1. The Morgan fingerprint density at radius 2 is 2.00 bits per heavy atom. The first-order valence-electron chi connectivity index (χ1n) is 6.60. The summed E-state index contributed by atoms with van der Waals surface area (Å²) in [6.45, 7) is 3.08. The zero-order valence-electron chi connectivity index (χ0n) is 11.5. The number of carbonyl (C=O) groups is 1. The van der Waals surface area contributed by atoms with Crippen LogP contribution in [0.1, 0.15) is 28.0 Å². The maximum absolute atomic E-state index is 12.5. The number of ether oxygens (including phenoxy) is 2. The lowest BCUT2D eigenvalue weighted by Gasteiger charge is -2.08. The molecule has 0 aliphatic carbocycles. The predicted octanol–water partition coefficient (Wildman–Crippen LogP) is 2.12.